The van der Waals surface area contributed by atoms with E-state index < -0.39 is 29.1 Å². The summed E-state index contributed by atoms with van der Waals surface area (Å²) >= 11 is 0. The molecule has 7 atom stereocenters. The first-order valence-electron chi connectivity index (χ1n) is 14.1. The summed E-state index contributed by atoms with van der Waals surface area (Å²) in [6, 6.07) is 7.24. The molecule has 0 bridgehead atoms. The normalized spacial score (nSPS) is 38.6. The molecule has 4 aliphatic carbocycles. The average molecular weight is 537 g/mol. The number of esters is 1. The lowest BCUT2D eigenvalue weighted by molar-refractivity contribution is -0.218. The predicted octanol–water partition coefficient (Wildman–Crippen LogP) is 4.65. The fourth-order valence-electron chi connectivity index (χ4n) is 9.66. The number of allylic oxidation sites excluding steroid dienone is 1. The maximum Gasteiger partial charge on any atom is 0.337 e. The lowest BCUT2D eigenvalue weighted by Crippen LogP contribution is -2.66. The summed E-state index contributed by atoms with van der Waals surface area (Å²) in [5.74, 6) is -1.60. The van der Waals surface area contributed by atoms with Gasteiger partial charge in [0.1, 0.15) is 0 Å². The van der Waals surface area contributed by atoms with Crippen molar-refractivity contribution in [1.29, 1.82) is 0 Å². The second kappa shape index (κ2) is 8.51. The van der Waals surface area contributed by atoms with Gasteiger partial charge in [0.2, 0.25) is 0 Å². The number of carboxylic acids is 1. The van der Waals surface area contributed by atoms with Gasteiger partial charge in [-0.25, -0.2) is 14.3 Å². The van der Waals surface area contributed by atoms with E-state index in [2.05, 4.69) is 19.9 Å². The van der Waals surface area contributed by atoms with Crippen LogP contribution in [0.2, 0.25) is 0 Å². The zero-order chi connectivity index (χ0) is 28.0. The van der Waals surface area contributed by atoms with E-state index in [1.165, 1.54) is 12.7 Å². The Morgan fingerprint density at radius 2 is 2.03 bits per heavy atom. The number of benzene rings is 1. The summed E-state index contributed by atoms with van der Waals surface area (Å²) in [5.41, 5.74) is 1.34. The van der Waals surface area contributed by atoms with Gasteiger partial charge >= 0.3 is 11.9 Å². The average Bonchev–Trinajstić information content (AvgIpc) is 3.44. The number of aromatic nitrogens is 2. The Labute approximate surface area is 230 Å². The van der Waals surface area contributed by atoms with Crippen LogP contribution in [-0.4, -0.2) is 55.9 Å². The number of carbonyl (C=O) groups excluding carboxylic acids is 1. The molecule has 1 aromatic carbocycles. The topological polar surface area (TPSA) is 122 Å². The Morgan fingerprint density at radius 1 is 1.26 bits per heavy atom. The molecule has 3 N–H and O–H groups in total. The molecule has 8 nitrogen and oxygen atoms in total. The van der Waals surface area contributed by atoms with Crippen LogP contribution < -0.4 is 0 Å². The van der Waals surface area contributed by atoms with Crippen LogP contribution in [-0.2, 0) is 16.0 Å². The van der Waals surface area contributed by atoms with Gasteiger partial charge in [0.15, 0.2) is 5.60 Å². The number of nitrogens with zero attached hydrogens (tertiary/aromatic N) is 2. The molecule has 4 aliphatic rings. The summed E-state index contributed by atoms with van der Waals surface area (Å²) in [4.78, 5) is 24.4. The van der Waals surface area contributed by atoms with Gasteiger partial charge in [-0.05, 0) is 91.5 Å². The second-order valence-electron chi connectivity index (χ2n) is 12.8. The summed E-state index contributed by atoms with van der Waals surface area (Å²) in [7, 11) is 1.37. The van der Waals surface area contributed by atoms with E-state index in [4.69, 9.17) is 9.84 Å². The van der Waals surface area contributed by atoms with Crippen LogP contribution in [0.5, 0.6) is 0 Å². The van der Waals surface area contributed by atoms with Crippen LogP contribution in [0.15, 0.2) is 36.0 Å². The van der Waals surface area contributed by atoms with Crippen molar-refractivity contribution < 1.29 is 31.1 Å². The zero-order valence-corrected chi connectivity index (χ0v) is 23.1. The van der Waals surface area contributed by atoms with Crippen molar-refractivity contribution in [2.75, 3.05) is 7.11 Å². The number of carboxylic acid groups (broad SMARTS) is 1. The molecule has 0 saturated heterocycles. The number of aliphatic carboxylic acids is 1. The first-order chi connectivity index (χ1) is 18.4. The van der Waals surface area contributed by atoms with Crippen LogP contribution in [0, 0.1) is 28.1 Å². The van der Waals surface area contributed by atoms with E-state index in [9.17, 15) is 24.9 Å². The molecule has 0 unspecified atom stereocenters. The minimum absolute atomic E-state index is 0. The molecule has 1 heterocycles. The van der Waals surface area contributed by atoms with Gasteiger partial charge < -0.3 is 20.1 Å². The van der Waals surface area contributed by atoms with Crippen LogP contribution in [0.25, 0.3) is 11.8 Å². The Bertz CT molecular complexity index is 1400. The van der Waals surface area contributed by atoms with Crippen molar-refractivity contribution in [1.82, 2.24) is 9.78 Å². The maximum atomic E-state index is 12.3. The quantitative estimate of drug-likeness (QED) is 0.486. The largest absolute Gasteiger partial charge is 0.479 e. The van der Waals surface area contributed by atoms with Crippen molar-refractivity contribution >= 4 is 18.0 Å². The van der Waals surface area contributed by atoms with Crippen molar-refractivity contribution in [3.8, 4) is 5.69 Å². The van der Waals surface area contributed by atoms with Gasteiger partial charge in [-0.15, -0.1) is 0 Å². The van der Waals surface area contributed by atoms with Crippen molar-refractivity contribution in [2.45, 2.75) is 77.4 Å². The van der Waals surface area contributed by atoms with Gasteiger partial charge in [-0.3, -0.25) is 0 Å². The van der Waals surface area contributed by atoms with E-state index in [0.717, 1.165) is 42.6 Å². The summed E-state index contributed by atoms with van der Waals surface area (Å²) in [6.07, 6.45) is 7.80. The van der Waals surface area contributed by atoms with Crippen molar-refractivity contribution in [3.63, 3.8) is 0 Å². The van der Waals surface area contributed by atoms with Gasteiger partial charge in [0.05, 0.1) is 36.4 Å². The molecule has 210 valence electrons. The van der Waals surface area contributed by atoms with Gasteiger partial charge in [0, 0.05) is 12.8 Å². The molecule has 2 aromatic rings. The Morgan fingerprint density at radius 3 is 2.72 bits per heavy atom. The molecule has 8 heteroatoms. The van der Waals surface area contributed by atoms with Crippen molar-refractivity contribution in [2.24, 2.45) is 28.1 Å². The molecule has 6 rings (SSSR count). The summed E-state index contributed by atoms with van der Waals surface area (Å²) in [5, 5.41) is 38.0. The number of hydrogen-bond acceptors (Lipinski definition) is 6. The number of fused-ring (bicyclic) bond motifs is 6. The zero-order valence-electron chi connectivity index (χ0n) is 23.1. The van der Waals surface area contributed by atoms with Gasteiger partial charge in [-0.2, -0.15) is 5.10 Å². The highest BCUT2D eigenvalue weighted by Crippen LogP contribution is 2.73. The molecule has 0 spiro atoms. The third-order valence-corrected chi connectivity index (χ3v) is 11.4. The Balaban J connectivity index is 0.00000323. The number of methoxy groups -OCH3 is 1. The number of ether oxygens (including phenoxy) is 1. The smallest absolute Gasteiger partial charge is 0.337 e. The van der Waals surface area contributed by atoms with Gasteiger partial charge in [-0.1, -0.05) is 32.4 Å². The molecule has 3 saturated carbocycles. The third kappa shape index (κ3) is 3.27. The van der Waals surface area contributed by atoms with E-state index in [0.29, 0.717) is 12.0 Å². The maximum absolute atomic E-state index is 12.3. The minimum atomic E-state index is -1.82. The first-order valence-corrected chi connectivity index (χ1v) is 14.1. The van der Waals surface area contributed by atoms with Crippen LogP contribution in [0.1, 0.15) is 82.3 Å². The molecule has 0 radical (unpaired) electrons. The van der Waals surface area contributed by atoms with E-state index in [-0.39, 0.29) is 36.9 Å². The standard InChI is InChI=1S/C31H38N2O6.H2/c1-5-30-11-9-20-14-22-19(17-32-33(22)21-8-6-7-18(13-21)26(35)39-4)15-28(20,2)25(30)23(34)16-29(3)24(30)10-12-31(29,38)27(36)37;/h6-8,13-14,17,23-25,34,38H,5,9-12,15-16H2,1-4H3,(H,36,37);1H/t23-,24+,25+,28-,29-,30-,31-;/m0./s1. The fourth-order valence-corrected chi connectivity index (χ4v) is 9.66. The van der Waals surface area contributed by atoms with Crippen LogP contribution in [0.3, 0.4) is 0 Å². The highest BCUT2D eigenvalue weighted by molar-refractivity contribution is 5.90. The monoisotopic (exact) mass is 536 g/mol. The Hall–Kier alpha value is -2.97. The fraction of sp³-hybridized carbons (Fsp3) is 0.581. The van der Waals surface area contributed by atoms with Crippen LogP contribution in [0.4, 0.5) is 0 Å². The lowest BCUT2D eigenvalue weighted by atomic mass is 9.39. The summed E-state index contributed by atoms with van der Waals surface area (Å²) in [6.45, 7) is 6.33. The lowest BCUT2D eigenvalue weighted by Gasteiger charge is -2.66. The highest BCUT2D eigenvalue weighted by atomic mass is 16.5. The molecular weight excluding hydrogens is 496 g/mol. The van der Waals surface area contributed by atoms with E-state index in [1.807, 2.05) is 29.9 Å². The van der Waals surface area contributed by atoms with E-state index in [1.54, 1.807) is 12.1 Å². The third-order valence-electron chi connectivity index (χ3n) is 11.4. The van der Waals surface area contributed by atoms with E-state index >= 15 is 0 Å². The molecule has 3 fully saturated rings. The SMILES string of the molecule is CC[C@@]12CCC3=Cc4c(cnn4-c4cccc(C(=O)OC)c4)C[C@]3(C)[C@H]1[C@@H](O)C[C@@]1(C)[C@H]2CC[C@]1(O)C(=O)O.[HH]. The molecule has 0 aliphatic heterocycles. The number of aliphatic hydroxyl groups excluding tert-OH is 1. The highest BCUT2D eigenvalue weighted by Gasteiger charge is 2.73. The first kappa shape index (κ1) is 26.3. The van der Waals surface area contributed by atoms with Crippen molar-refractivity contribution in [3.05, 3.63) is 52.9 Å². The molecule has 0 amide bonds. The minimum Gasteiger partial charge on any atom is -0.479 e. The predicted molar refractivity (Wildman–Crippen MR) is 146 cm³/mol. The molecule has 39 heavy (non-hydrogen) atoms. The number of hydrogen-bond donors (Lipinski definition) is 3. The second-order valence-corrected chi connectivity index (χ2v) is 12.8. The van der Waals surface area contributed by atoms with Gasteiger partial charge in [0.25, 0.3) is 0 Å². The molecular formula is C31H40N2O6. The molecule has 1 aromatic heterocycles. The summed E-state index contributed by atoms with van der Waals surface area (Å²) < 4.78 is 6.77. The number of rotatable bonds is 4. The number of carbonyl (C=O) groups is 2. The van der Waals surface area contributed by atoms with Crippen LogP contribution >= 0.6 is 0 Å². The Kier molecular flexibility index (Phi) is 5.73. The number of aliphatic hydroxyl groups is 2.